The molecular formula is C25H24N2O4S. The zero-order valence-electron chi connectivity index (χ0n) is 17.9. The van der Waals surface area contributed by atoms with Gasteiger partial charge in [-0.2, -0.15) is 0 Å². The summed E-state index contributed by atoms with van der Waals surface area (Å²) in [5.41, 5.74) is 1.36. The van der Waals surface area contributed by atoms with Crippen molar-refractivity contribution in [1.82, 2.24) is 9.88 Å². The van der Waals surface area contributed by atoms with Gasteiger partial charge in [-0.1, -0.05) is 26.0 Å². The summed E-state index contributed by atoms with van der Waals surface area (Å²) in [5, 5.41) is 13.0. The molecule has 1 aliphatic rings. The van der Waals surface area contributed by atoms with Gasteiger partial charge in [-0.05, 0) is 53.3 Å². The summed E-state index contributed by atoms with van der Waals surface area (Å²) in [7, 11) is 0. The van der Waals surface area contributed by atoms with E-state index in [2.05, 4.69) is 18.8 Å². The number of benzene rings is 1. The fraction of sp³-hybridized carbons (Fsp3) is 0.240. The van der Waals surface area contributed by atoms with Crippen LogP contribution in [0, 0.1) is 5.92 Å². The third kappa shape index (κ3) is 4.43. The number of ketones is 1. The lowest BCUT2D eigenvalue weighted by Gasteiger charge is -2.24. The number of rotatable bonds is 7. The smallest absolute Gasteiger partial charge is 0.295 e. The second-order valence-electron chi connectivity index (χ2n) is 8.03. The topological polar surface area (TPSA) is 79.7 Å². The Labute approximate surface area is 190 Å². The monoisotopic (exact) mass is 448 g/mol. The van der Waals surface area contributed by atoms with E-state index in [0.29, 0.717) is 23.8 Å². The van der Waals surface area contributed by atoms with E-state index < -0.39 is 17.7 Å². The molecule has 1 N–H and O–H groups in total. The van der Waals surface area contributed by atoms with Crippen molar-refractivity contribution in [2.75, 3.05) is 6.61 Å². The lowest BCUT2D eigenvalue weighted by atomic mass is 9.99. The second kappa shape index (κ2) is 9.36. The minimum atomic E-state index is -0.690. The van der Waals surface area contributed by atoms with Gasteiger partial charge in [-0.25, -0.2) is 0 Å². The van der Waals surface area contributed by atoms with E-state index in [1.165, 1.54) is 16.2 Å². The standard InChI is InChI=1S/C25H24N2O4S/c1-16(2)15-31-19-9-7-18(8-10-19)23(28)21-22(20-6-4-12-32-20)27(25(30)24(21)29)14-17-5-3-11-26-13-17/h3-13,16,22,28H,14-15H2,1-2H3/t22-/m1/s1. The van der Waals surface area contributed by atoms with Gasteiger partial charge in [0.05, 0.1) is 18.2 Å². The van der Waals surface area contributed by atoms with Crippen LogP contribution in [0.5, 0.6) is 5.75 Å². The van der Waals surface area contributed by atoms with Crippen molar-refractivity contribution in [1.29, 1.82) is 0 Å². The number of carbonyl (C=O) groups excluding carboxylic acids is 2. The molecule has 0 radical (unpaired) electrons. The first kappa shape index (κ1) is 21.8. The Morgan fingerprint density at radius 3 is 2.56 bits per heavy atom. The van der Waals surface area contributed by atoms with Gasteiger partial charge in [0.15, 0.2) is 0 Å². The molecule has 1 amide bonds. The maximum atomic E-state index is 13.0. The van der Waals surface area contributed by atoms with Crippen LogP contribution in [-0.4, -0.2) is 33.3 Å². The molecule has 0 spiro atoms. The van der Waals surface area contributed by atoms with Crippen LogP contribution in [0.3, 0.4) is 0 Å². The number of thiophene rings is 1. The summed E-state index contributed by atoms with van der Waals surface area (Å²) in [5.74, 6) is -0.437. The molecule has 1 aromatic carbocycles. The van der Waals surface area contributed by atoms with E-state index in [1.54, 1.807) is 42.7 Å². The van der Waals surface area contributed by atoms with E-state index in [1.807, 2.05) is 23.6 Å². The Bertz CT molecular complexity index is 1120. The summed E-state index contributed by atoms with van der Waals surface area (Å²) in [6, 6.07) is 13.6. The van der Waals surface area contributed by atoms with Crippen molar-refractivity contribution in [3.63, 3.8) is 0 Å². The molecule has 1 fully saturated rings. The Kier molecular flexibility index (Phi) is 6.37. The van der Waals surface area contributed by atoms with E-state index in [0.717, 1.165) is 10.4 Å². The molecular weight excluding hydrogens is 424 g/mol. The minimum Gasteiger partial charge on any atom is -0.507 e. The molecule has 1 saturated heterocycles. The quantitative estimate of drug-likeness (QED) is 0.319. The number of ether oxygens (including phenoxy) is 1. The molecule has 0 aliphatic carbocycles. The fourth-order valence-electron chi connectivity index (χ4n) is 3.60. The summed E-state index contributed by atoms with van der Waals surface area (Å²) >= 11 is 1.44. The van der Waals surface area contributed by atoms with Gasteiger partial charge >= 0.3 is 0 Å². The van der Waals surface area contributed by atoms with Gasteiger partial charge in [-0.15, -0.1) is 11.3 Å². The van der Waals surface area contributed by atoms with Crippen LogP contribution in [-0.2, 0) is 16.1 Å². The molecule has 1 atom stereocenters. The van der Waals surface area contributed by atoms with Crippen molar-refractivity contribution in [3.05, 3.63) is 87.9 Å². The lowest BCUT2D eigenvalue weighted by molar-refractivity contribution is -0.140. The maximum Gasteiger partial charge on any atom is 0.295 e. The molecule has 0 bridgehead atoms. The van der Waals surface area contributed by atoms with Crippen molar-refractivity contribution < 1.29 is 19.4 Å². The van der Waals surface area contributed by atoms with E-state index in [4.69, 9.17) is 4.74 Å². The van der Waals surface area contributed by atoms with Crippen LogP contribution in [0.4, 0.5) is 0 Å². The summed E-state index contributed by atoms with van der Waals surface area (Å²) in [6.07, 6.45) is 3.32. The van der Waals surface area contributed by atoms with Crippen LogP contribution >= 0.6 is 11.3 Å². The van der Waals surface area contributed by atoms with Crippen molar-refractivity contribution in [3.8, 4) is 5.75 Å². The predicted molar refractivity (Wildman–Crippen MR) is 123 cm³/mol. The first-order valence-electron chi connectivity index (χ1n) is 10.4. The Balaban J connectivity index is 1.71. The second-order valence-corrected chi connectivity index (χ2v) is 9.01. The number of aliphatic hydroxyl groups excluding tert-OH is 1. The highest BCUT2D eigenvalue weighted by atomic mass is 32.1. The first-order valence-corrected chi connectivity index (χ1v) is 11.3. The third-order valence-electron chi connectivity index (χ3n) is 5.14. The van der Waals surface area contributed by atoms with Gasteiger partial charge in [0, 0.05) is 29.4 Å². The molecule has 164 valence electrons. The lowest BCUT2D eigenvalue weighted by Crippen LogP contribution is -2.28. The molecule has 3 heterocycles. The molecule has 6 nitrogen and oxygen atoms in total. The van der Waals surface area contributed by atoms with Crippen LogP contribution in [0.2, 0.25) is 0 Å². The van der Waals surface area contributed by atoms with Crippen LogP contribution in [0.25, 0.3) is 5.76 Å². The van der Waals surface area contributed by atoms with E-state index in [9.17, 15) is 14.7 Å². The van der Waals surface area contributed by atoms with Crippen LogP contribution < -0.4 is 4.74 Å². The van der Waals surface area contributed by atoms with Gasteiger partial charge in [0.25, 0.3) is 11.7 Å². The predicted octanol–water partition coefficient (Wildman–Crippen LogP) is 4.80. The van der Waals surface area contributed by atoms with Gasteiger partial charge in [0.1, 0.15) is 11.5 Å². The highest BCUT2D eigenvalue weighted by molar-refractivity contribution is 7.10. The van der Waals surface area contributed by atoms with Gasteiger partial charge in [-0.3, -0.25) is 14.6 Å². The van der Waals surface area contributed by atoms with E-state index >= 15 is 0 Å². The highest BCUT2D eigenvalue weighted by Crippen LogP contribution is 2.41. The van der Waals surface area contributed by atoms with Crippen molar-refractivity contribution in [2.45, 2.75) is 26.4 Å². The zero-order chi connectivity index (χ0) is 22.7. The SMILES string of the molecule is CC(C)COc1ccc(C(O)=C2C(=O)C(=O)N(Cc3cccnc3)[C@@H]2c2cccs2)cc1. The van der Waals surface area contributed by atoms with Crippen LogP contribution in [0.1, 0.15) is 35.9 Å². The number of Topliss-reactive ketones (excluding diaryl/α,β-unsaturated/α-hetero) is 1. The molecule has 4 rings (SSSR count). The molecule has 3 aromatic rings. The zero-order valence-corrected chi connectivity index (χ0v) is 18.7. The third-order valence-corrected chi connectivity index (χ3v) is 6.06. The first-order chi connectivity index (χ1) is 15.5. The van der Waals surface area contributed by atoms with Crippen LogP contribution in [0.15, 0.2) is 71.9 Å². The Hall–Kier alpha value is -3.45. The number of carbonyl (C=O) groups is 2. The van der Waals surface area contributed by atoms with Crippen molar-refractivity contribution >= 4 is 28.8 Å². The number of aliphatic hydroxyl groups is 1. The minimum absolute atomic E-state index is 0.0946. The number of amides is 1. The molecule has 32 heavy (non-hydrogen) atoms. The number of hydrogen-bond acceptors (Lipinski definition) is 6. The Morgan fingerprint density at radius 2 is 1.94 bits per heavy atom. The molecule has 1 aliphatic heterocycles. The number of nitrogens with zero attached hydrogens (tertiary/aromatic N) is 2. The van der Waals surface area contributed by atoms with Gasteiger partial charge < -0.3 is 14.7 Å². The number of pyridine rings is 1. The van der Waals surface area contributed by atoms with Gasteiger partial charge in [0.2, 0.25) is 0 Å². The number of hydrogen-bond donors (Lipinski definition) is 1. The fourth-order valence-corrected chi connectivity index (χ4v) is 4.45. The Morgan fingerprint density at radius 1 is 1.16 bits per heavy atom. The number of aromatic nitrogens is 1. The average molecular weight is 449 g/mol. The maximum absolute atomic E-state index is 13.0. The molecule has 0 unspecified atom stereocenters. The normalized spacial score (nSPS) is 17.8. The molecule has 2 aromatic heterocycles. The average Bonchev–Trinajstić information content (AvgIpc) is 3.41. The summed E-state index contributed by atoms with van der Waals surface area (Å²) < 4.78 is 5.70. The van der Waals surface area contributed by atoms with Crippen molar-refractivity contribution in [2.24, 2.45) is 5.92 Å². The molecule has 0 saturated carbocycles. The highest BCUT2D eigenvalue weighted by Gasteiger charge is 2.46. The molecule has 7 heteroatoms. The largest absolute Gasteiger partial charge is 0.507 e. The number of likely N-dealkylation sites (tertiary alicyclic amines) is 1. The summed E-state index contributed by atoms with van der Waals surface area (Å²) in [6.45, 7) is 4.94. The summed E-state index contributed by atoms with van der Waals surface area (Å²) in [4.78, 5) is 32.4. The van der Waals surface area contributed by atoms with E-state index in [-0.39, 0.29) is 17.9 Å².